The Morgan fingerprint density at radius 1 is 1.02 bits per heavy atom. The summed E-state index contributed by atoms with van der Waals surface area (Å²) in [6.45, 7) is 17.3. The first-order valence-corrected chi connectivity index (χ1v) is 21.0. The van der Waals surface area contributed by atoms with Crippen LogP contribution in [0.15, 0.2) is 35.7 Å². The Kier molecular flexibility index (Phi) is 17.8. The van der Waals surface area contributed by atoms with Crippen molar-refractivity contribution in [2.45, 2.75) is 143 Å². The second kappa shape index (κ2) is 21.5. The fourth-order valence-corrected chi connectivity index (χ4v) is 7.77. The number of aliphatic hydroxyl groups excluding tert-OH is 1. The molecule has 4 amide bonds. The lowest BCUT2D eigenvalue weighted by molar-refractivity contribution is -0.147. The van der Waals surface area contributed by atoms with E-state index in [0.717, 1.165) is 29.7 Å². The molecule has 0 radical (unpaired) electrons. The van der Waals surface area contributed by atoms with Crippen molar-refractivity contribution in [3.8, 4) is 0 Å². The minimum atomic E-state index is -1.07. The lowest BCUT2D eigenvalue weighted by Crippen LogP contribution is -2.59. The lowest BCUT2D eigenvalue weighted by Gasteiger charge is -2.39. The van der Waals surface area contributed by atoms with E-state index in [-0.39, 0.29) is 48.5 Å². The van der Waals surface area contributed by atoms with Gasteiger partial charge in [-0.15, -0.1) is 11.3 Å². The maximum Gasteiger partial charge on any atom is 0.410 e. The van der Waals surface area contributed by atoms with Crippen LogP contribution in [0.2, 0.25) is 0 Å². The summed E-state index contributed by atoms with van der Waals surface area (Å²) in [5.41, 5.74) is 0.445. The van der Waals surface area contributed by atoms with Gasteiger partial charge in [-0.1, -0.05) is 71.4 Å². The van der Waals surface area contributed by atoms with Crippen molar-refractivity contribution in [1.82, 2.24) is 25.4 Å². The summed E-state index contributed by atoms with van der Waals surface area (Å²) >= 11 is 1.16. The Morgan fingerprint density at radius 2 is 1.70 bits per heavy atom. The molecule has 7 atom stereocenters. The first-order chi connectivity index (χ1) is 26.4. The third kappa shape index (κ3) is 13.6. The van der Waals surface area contributed by atoms with E-state index in [1.165, 1.54) is 4.90 Å². The van der Waals surface area contributed by atoms with Crippen LogP contribution in [-0.4, -0.2) is 99.6 Å². The first-order valence-electron chi connectivity index (χ1n) is 20.1. The zero-order chi connectivity index (χ0) is 41.7. The number of nitrogens with zero attached hydrogens (tertiary/aromatic N) is 3. The molecular formula is C42H65N5O8S. The van der Waals surface area contributed by atoms with Crippen LogP contribution >= 0.6 is 11.3 Å². The van der Waals surface area contributed by atoms with Gasteiger partial charge in [-0.05, 0) is 77.2 Å². The fourth-order valence-electron chi connectivity index (χ4n) is 6.97. The maximum absolute atomic E-state index is 14.2. The quantitative estimate of drug-likeness (QED) is 0.147. The zero-order valence-corrected chi connectivity index (χ0v) is 35.8. The highest BCUT2D eigenvalue weighted by atomic mass is 32.1. The summed E-state index contributed by atoms with van der Waals surface area (Å²) in [4.78, 5) is 74.6. The molecular weight excluding hydrogens is 735 g/mol. The molecule has 0 aliphatic carbocycles. The SMILES string of the molecule is CCOC(=O)[C@@H](C)C[C@H](Cc1ccccc1)NC(=O)c1csc([C@H](O)C[C@H](C(C)C)N(C)C(=O)[C@@H](NC(=O)[C@H]2CCCCN2C(=O)OC(C)(C)C)[C@@H](C)CC)n1. The topological polar surface area (TPSA) is 167 Å². The summed E-state index contributed by atoms with van der Waals surface area (Å²) in [6.07, 6.45) is 2.03. The molecule has 13 nitrogen and oxygen atoms in total. The van der Waals surface area contributed by atoms with E-state index in [0.29, 0.717) is 37.2 Å². The van der Waals surface area contributed by atoms with Gasteiger partial charge in [-0.3, -0.25) is 24.1 Å². The molecule has 312 valence electrons. The summed E-state index contributed by atoms with van der Waals surface area (Å²) in [7, 11) is 1.68. The second-order valence-corrected chi connectivity index (χ2v) is 17.3. The van der Waals surface area contributed by atoms with Gasteiger partial charge in [-0.25, -0.2) is 9.78 Å². The molecule has 2 aromatic rings. The fraction of sp³-hybridized carbons (Fsp3) is 0.667. The number of carbonyl (C=O) groups is 5. The van der Waals surface area contributed by atoms with Crippen molar-refractivity contribution >= 4 is 41.1 Å². The molecule has 1 fully saturated rings. The summed E-state index contributed by atoms with van der Waals surface area (Å²) in [5, 5.41) is 19.4. The molecule has 2 heterocycles. The monoisotopic (exact) mass is 799 g/mol. The molecule has 0 bridgehead atoms. The van der Waals surface area contributed by atoms with E-state index in [4.69, 9.17) is 9.47 Å². The van der Waals surface area contributed by atoms with Crippen molar-refractivity contribution in [3.05, 3.63) is 52.0 Å². The number of esters is 1. The van der Waals surface area contributed by atoms with Gasteiger partial charge in [0.1, 0.15) is 34.5 Å². The van der Waals surface area contributed by atoms with Crippen molar-refractivity contribution in [2.24, 2.45) is 17.8 Å². The van der Waals surface area contributed by atoms with Gasteiger partial charge in [0, 0.05) is 37.5 Å². The van der Waals surface area contributed by atoms with Crippen molar-refractivity contribution in [1.29, 1.82) is 0 Å². The molecule has 1 saturated heterocycles. The Morgan fingerprint density at radius 3 is 2.30 bits per heavy atom. The molecule has 1 aromatic carbocycles. The van der Waals surface area contributed by atoms with E-state index in [1.54, 1.807) is 51.9 Å². The predicted molar refractivity (Wildman–Crippen MR) is 217 cm³/mol. The van der Waals surface area contributed by atoms with E-state index in [2.05, 4.69) is 15.6 Å². The number of rotatable bonds is 18. The van der Waals surface area contributed by atoms with Gasteiger partial charge in [0.15, 0.2) is 0 Å². The van der Waals surface area contributed by atoms with E-state index >= 15 is 0 Å². The Hall–Kier alpha value is -4.04. The Balaban J connectivity index is 1.73. The third-order valence-corrected chi connectivity index (χ3v) is 11.3. The number of piperidine rings is 1. The number of ether oxygens (including phenoxy) is 2. The van der Waals surface area contributed by atoms with Gasteiger partial charge in [-0.2, -0.15) is 0 Å². The largest absolute Gasteiger partial charge is 0.466 e. The van der Waals surface area contributed by atoms with Crippen molar-refractivity contribution < 1.29 is 38.6 Å². The van der Waals surface area contributed by atoms with Crippen LogP contribution in [0.1, 0.15) is 128 Å². The number of likely N-dealkylation sites (tertiary alicyclic amines) is 1. The molecule has 1 aliphatic rings. The summed E-state index contributed by atoms with van der Waals surface area (Å²) in [6, 6.07) is 7.28. The summed E-state index contributed by atoms with van der Waals surface area (Å²) in [5.74, 6) is -2.14. The number of hydrogen-bond acceptors (Lipinski definition) is 10. The first kappa shape index (κ1) is 46.3. The molecule has 0 spiro atoms. The normalized spacial score (nSPS) is 17.9. The van der Waals surface area contributed by atoms with Crippen LogP contribution in [0.3, 0.4) is 0 Å². The number of aromatic nitrogens is 1. The standard InChI is InChI=1S/C42H65N5O8S/c1-11-27(5)35(45-37(50)32-20-16-17-21-47(32)41(53)55-42(7,8)9)39(51)46(10)33(26(3)4)24-34(48)38-44-31(25-56-38)36(49)43-30(22-28(6)40(52)54-12-2)23-29-18-14-13-15-19-29/h13-15,18-19,25-28,30,32-35,48H,11-12,16-17,20-24H2,1-10H3,(H,43,49)(H,45,50)/t27-,28-,30+,32+,33+,34+,35-/m0/s1. The molecule has 3 N–H and O–H groups in total. The summed E-state index contributed by atoms with van der Waals surface area (Å²) < 4.78 is 10.8. The molecule has 1 aliphatic heterocycles. The maximum atomic E-state index is 14.2. The van der Waals surface area contributed by atoms with E-state index in [9.17, 15) is 29.1 Å². The van der Waals surface area contributed by atoms with Gasteiger partial charge < -0.3 is 30.1 Å². The molecule has 0 unspecified atom stereocenters. The average molecular weight is 800 g/mol. The van der Waals surface area contributed by atoms with E-state index in [1.807, 2.05) is 58.0 Å². The number of likely N-dealkylation sites (N-methyl/N-ethyl adjacent to an activating group) is 1. The molecule has 14 heteroatoms. The smallest absolute Gasteiger partial charge is 0.410 e. The second-order valence-electron chi connectivity index (χ2n) is 16.4. The highest BCUT2D eigenvalue weighted by molar-refractivity contribution is 7.09. The minimum Gasteiger partial charge on any atom is -0.466 e. The number of benzene rings is 1. The van der Waals surface area contributed by atoms with Crippen molar-refractivity contribution in [3.63, 3.8) is 0 Å². The highest BCUT2D eigenvalue weighted by Crippen LogP contribution is 2.29. The minimum absolute atomic E-state index is 0.0734. The highest BCUT2D eigenvalue weighted by Gasteiger charge is 2.39. The molecule has 56 heavy (non-hydrogen) atoms. The van der Waals surface area contributed by atoms with Crippen LogP contribution in [0.4, 0.5) is 4.79 Å². The van der Waals surface area contributed by atoms with Gasteiger partial charge in [0.25, 0.3) is 5.91 Å². The predicted octanol–water partition coefficient (Wildman–Crippen LogP) is 6.30. The molecule has 1 aromatic heterocycles. The number of nitrogens with one attached hydrogen (secondary N) is 2. The van der Waals surface area contributed by atoms with Gasteiger partial charge >= 0.3 is 12.1 Å². The van der Waals surface area contributed by atoms with Crippen LogP contribution in [0.5, 0.6) is 0 Å². The van der Waals surface area contributed by atoms with Crippen LogP contribution < -0.4 is 10.6 Å². The van der Waals surface area contributed by atoms with Crippen LogP contribution in [-0.2, 0) is 30.3 Å². The Bertz CT molecular complexity index is 1590. The number of aliphatic hydroxyl groups is 1. The van der Waals surface area contributed by atoms with Gasteiger partial charge in [0.2, 0.25) is 11.8 Å². The number of amides is 4. The molecule has 0 saturated carbocycles. The van der Waals surface area contributed by atoms with Gasteiger partial charge in [0.05, 0.1) is 12.5 Å². The number of carbonyl (C=O) groups excluding carboxylic acids is 5. The number of thiazole rings is 1. The zero-order valence-electron chi connectivity index (χ0n) is 35.0. The average Bonchev–Trinajstić information content (AvgIpc) is 3.65. The van der Waals surface area contributed by atoms with Crippen LogP contribution in [0.25, 0.3) is 0 Å². The van der Waals surface area contributed by atoms with Crippen molar-refractivity contribution in [2.75, 3.05) is 20.2 Å². The Labute approximate surface area is 337 Å². The third-order valence-electron chi connectivity index (χ3n) is 10.3. The lowest BCUT2D eigenvalue weighted by atomic mass is 9.92. The van der Waals surface area contributed by atoms with E-state index < -0.39 is 53.7 Å². The van der Waals surface area contributed by atoms with Crippen LogP contribution in [0, 0.1) is 17.8 Å². The number of hydrogen-bond donors (Lipinski definition) is 3. The molecule has 3 rings (SSSR count).